The van der Waals surface area contributed by atoms with Crippen molar-refractivity contribution in [3.8, 4) is 5.75 Å². The summed E-state index contributed by atoms with van der Waals surface area (Å²) in [5.41, 5.74) is 5.32. The van der Waals surface area contributed by atoms with Crippen LogP contribution in [0.3, 0.4) is 0 Å². The molecule has 0 bridgehead atoms. The number of aryl methyl sites for hydroxylation is 1. The third-order valence-electron chi connectivity index (χ3n) is 3.83. The highest BCUT2D eigenvalue weighted by molar-refractivity contribution is 5.50. The van der Waals surface area contributed by atoms with E-state index >= 15 is 0 Å². The molecular weight excluding hydrogens is 198 g/mol. The Morgan fingerprint density at radius 3 is 2.38 bits per heavy atom. The molecule has 1 heterocycles. The minimum Gasteiger partial charge on any atom is -0.496 e. The standard InChI is InChI=1S/C14H21NO/c1-8-6-12(13-9(2)7-15-13)10(3)11(4)14(8)16-5/h6,9,13,15H,7H2,1-5H3. The molecule has 1 aromatic carbocycles. The molecule has 1 N–H and O–H groups in total. The molecule has 1 aliphatic rings. The highest BCUT2D eigenvalue weighted by Crippen LogP contribution is 2.36. The Morgan fingerprint density at radius 1 is 1.25 bits per heavy atom. The summed E-state index contributed by atoms with van der Waals surface area (Å²) >= 11 is 0. The quantitative estimate of drug-likeness (QED) is 0.825. The van der Waals surface area contributed by atoms with E-state index in [1.807, 2.05) is 0 Å². The zero-order valence-corrected chi connectivity index (χ0v) is 10.8. The van der Waals surface area contributed by atoms with E-state index < -0.39 is 0 Å². The second kappa shape index (κ2) is 4.10. The number of rotatable bonds is 2. The molecule has 0 radical (unpaired) electrons. The first-order valence-electron chi connectivity index (χ1n) is 5.94. The van der Waals surface area contributed by atoms with Crippen molar-refractivity contribution in [3.05, 3.63) is 28.3 Å². The number of hydrogen-bond acceptors (Lipinski definition) is 2. The second-order valence-electron chi connectivity index (χ2n) is 4.93. The first-order valence-corrected chi connectivity index (χ1v) is 5.94. The minimum absolute atomic E-state index is 0.531. The van der Waals surface area contributed by atoms with Crippen LogP contribution in [0.25, 0.3) is 0 Å². The molecule has 1 aliphatic heterocycles. The predicted octanol–water partition coefficient (Wildman–Crippen LogP) is 2.90. The monoisotopic (exact) mass is 219 g/mol. The van der Waals surface area contributed by atoms with Gasteiger partial charge in [0, 0.05) is 12.6 Å². The van der Waals surface area contributed by atoms with Crippen LogP contribution < -0.4 is 10.1 Å². The van der Waals surface area contributed by atoms with Crippen LogP contribution in [-0.2, 0) is 0 Å². The van der Waals surface area contributed by atoms with E-state index in [4.69, 9.17) is 4.74 Å². The molecular formula is C14H21NO. The van der Waals surface area contributed by atoms with E-state index in [0.717, 1.165) is 18.2 Å². The van der Waals surface area contributed by atoms with E-state index in [-0.39, 0.29) is 0 Å². The van der Waals surface area contributed by atoms with Gasteiger partial charge in [-0.3, -0.25) is 0 Å². The number of methoxy groups -OCH3 is 1. The summed E-state index contributed by atoms with van der Waals surface area (Å²) in [6, 6.07) is 2.80. The Morgan fingerprint density at radius 2 is 1.94 bits per heavy atom. The molecule has 0 aromatic heterocycles. The summed E-state index contributed by atoms with van der Waals surface area (Å²) in [5, 5.41) is 3.50. The van der Waals surface area contributed by atoms with Gasteiger partial charge >= 0.3 is 0 Å². The molecule has 2 atom stereocenters. The smallest absolute Gasteiger partial charge is 0.124 e. The Hall–Kier alpha value is -1.02. The number of nitrogens with one attached hydrogen (secondary N) is 1. The first-order chi connectivity index (χ1) is 7.56. The molecule has 16 heavy (non-hydrogen) atoms. The molecule has 1 saturated heterocycles. The SMILES string of the molecule is COc1c(C)cc(C2NCC2C)c(C)c1C. The van der Waals surface area contributed by atoms with Gasteiger partial charge in [-0.05, 0) is 48.9 Å². The van der Waals surface area contributed by atoms with Crippen molar-refractivity contribution in [2.24, 2.45) is 5.92 Å². The van der Waals surface area contributed by atoms with Gasteiger partial charge in [0.15, 0.2) is 0 Å². The highest BCUT2D eigenvalue weighted by atomic mass is 16.5. The van der Waals surface area contributed by atoms with Gasteiger partial charge in [-0.1, -0.05) is 13.0 Å². The van der Waals surface area contributed by atoms with Gasteiger partial charge in [-0.25, -0.2) is 0 Å². The molecule has 2 heteroatoms. The Labute approximate surface area is 98.0 Å². The maximum absolute atomic E-state index is 5.45. The average molecular weight is 219 g/mol. The van der Waals surface area contributed by atoms with Crippen molar-refractivity contribution >= 4 is 0 Å². The van der Waals surface area contributed by atoms with Crippen molar-refractivity contribution in [1.82, 2.24) is 5.32 Å². The van der Waals surface area contributed by atoms with Gasteiger partial charge in [0.2, 0.25) is 0 Å². The van der Waals surface area contributed by atoms with Crippen molar-refractivity contribution in [1.29, 1.82) is 0 Å². The molecule has 2 rings (SSSR count). The normalized spacial score (nSPS) is 24.1. The summed E-state index contributed by atoms with van der Waals surface area (Å²) in [7, 11) is 1.75. The lowest BCUT2D eigenvalue weighted by Crippen LogP contribution is -2.44. The van der Waals surface area contributed by atoms with Crippen LogP contribution >= 0.6 is 0 Å². The maximum atomic E-state index is 5.45. The fourth-order valence-electron chi connectivity index (χ4n) is 2.61. The third-order valence-corrected chi connectivity index (χ3v) is 3.83. The molecule has 0 saturated carbocycles. The van der Waals surface area contributed by atoms with Crippen molar-refractivity contribution < 1.29 is 4.74 Å². The predicted molar refractivity (Wildman–Crippen MR) is 67.1 cm³/mol. The number of hydrogen-bond donors (Lipinski definition) is 1. The van der Waals surface area contributed by atoms with Crippen LogP contribution in [0.4, 0.5) is 0 Å². The van der Waals surface area contributed by atoms with Crippen LogP contribution in [0.15, 0.2) is 6.07 Å². The molecule has 2 unspecified atom stereocenters. The lowest BCUT2D eigenvalue weighted by molar-refractivity contribution is 0.257. The van der Waals surface area contributed by atoms with E-state index in [1.54, 1.807) is 7.11 Å². The van der Waals surface area contributed by atoms with Crippen LogP contribution in [0.2, 0.25) is 0 Å². The van der Waals surface area contributed by atoms with Gasteiger partial charge in [0.05, 0.1) is 7.11 Å². The minimum atomic E-state index is 0.531. The summed E-state index contributed by atoms with van der Waals surface area (Å²) in [4.78, 5) is 0. The molecule has 0 aliphatic carbocycles. The second-order valence-corrected chi connectivity index (χ2v) is 4.93. The Kier molecular flexibility index (Phi) is 2.94. The number of benzene rings is 1. The highest BCUT2D eigenvalue weighted by Gasteiger charge is 2.29. The lowest BCUT2D eigenvalue weighted by Gasteiger charge is -2.37. The van der Waals surface area contributed by atoms with E-state index in [9.17, 15) is 0 Å². The Balaban J connectivity index is 2.47. The molecule has 0 amide bonds. The summed E-state index contributed by atoms with van der Waals surface area (Å²) in [6.07, 6.45) is 0. The number of ether oxygens (including phenoxy) is 1. The van der Waals surface area contributed by atoms with Crippen LogP contribution in [0.5, 0.6) is 5.75 Å². The van der Waals surface area contributed by atoms with Crippen LogP contribution in [0, 0.1) is 26.7 Å². The lowest BCUT2D eigenvalue weighted by atomic mass is 9.83. The first kappa shape index (κ1) is 11.5. The summed E-state index contributed by atoms with van der Waals surface area (Å²) in [5.74, 6) is 1.78. The zero-order chi connectivity index (χ0) is 11.9. The van der Waals surface area contributed by atoms with Gasteiger partial charge in [-0.15, -0.1) is 0 Å². The summed E-state index contributed by atoms with van der Waals surface area (Å²) in [6.45, 7) is 9.90. The fraction of sp³-hybridized carbons (Fsp3) is 0.571. The average Bonchev–Trinajstić information content (AvgIpc) is 2.24. The van der Waals surface area contributed by atoms with Crippen molar-refractivity contribution in [2.75, 3.05) is 13.7 Å². The molecule has 1 fully saturated rings. The Bertz CT molecular complexity index is 412. The van der Waals surface area contributed by atoms with Gasteiger partial charge < -0.3 is 10.1 Å². The van der Waals surface area contributed by atoms with E-state index in [2.05, 4.69) is 39.1 Å². The molecule has 88 valence electrons. The third kappa shape index (κ3) is 1.61. The van der Waals surface area contributed by atoms with Gasteiger partial charge in [-0.2, -0.15) is 0 Å². The largest absolute Gasteiger partial charge is 0.496 e. The van der Waals surface area contributed by atoms with Gasteiger partial charge in [0.1, 0.15) is 5.75 Å². The summed E-state index contributed by atoms with van der Waals surface area (Å²) < 4.78 is 5.45. The maximum Gasteiger partial charge on any atom is 0.124 e. The van der Waals surface area contributed by atoms with Crippen molar-refractivity contribution in [3.63, 3.8) is 0 Å². The van der Waals surface area contributed by atoms with E-state index in [0.29, 0.717) is 6.04 Å². The van der Waals surface area contributed by atoms with E-state index in [1.165, 1.54) is 22.3 Å². The molecule has 2 nitrogen and oxygen atoms in total. The van der Waals surface area contributed by atoms with Crippen LogP contribution in [-0.4, -0.2) is 13.7 Å². The van der Waals surface area contributed by atoms with Crippen LogP contribution in [0.1, 0.15) is 35.2 Å². The molecule has 0 spiro atoms. The fourth-order valence-corrected chi connectivity index (χ4v) is 2.61. The van der Waals surface area contributed by atoms with Gasteiger partial charge in [0.25, 0.3) is 0 Å². The molecule has 1 aromatic rings. The van der Waals surface area contributed by atoms with Crippen molar-refractivity contribution in [2.45, 2.75) is 33.7 Å². The zero-order valence-electron chi connectivity index (χ0n) is 10.8. The topological polar surface area (TPSA) is 21.3 Å².